The summed E-state index contributed by atoms with van der Waals surface area (Å²) < 4.78 is 6.07. The van der Waals surface area contributed by atoms with Gasteiger partial charge in [0.1, 0.15) is 17.6 Å². The third kappa shape index (κ3) is 2.59. The van der Waals surface area contributed by atoms with Gasteiger partial charge in [0.25, 0.3) is 0 Å². The zero-order chi connectivity index (χ0) is 15.8. The SMILES string of the molecule is O=C1CC(c2ccccc2)Oc2ccc(O)c(CN3CCC3)c21. The van der Waals surface area contributed by atoms with Crippen LogP contribution in [0, 0.1) is 0 Å². The van der Waals surface area contributed by atoms with E-state index in [0.717, 1.165) is 18.7 Å². The molecular weight excluding hydrogens is 290 g/mol. The first-order chi connectivity index (χ1) is 11.2. The Balaban J connectivity index is 1.68. The van der Waals surface area contributed by atoms with E-state index in [9.17, 15) is 9.90 Å². The van der Waals surface area contributed by atoms with Gasteiger partial charge in [-0.2, -0.15) is 0 Å². The molecular formula is C19H19NO3. The number of fused-ring (bicyclic) bond motifs is 1. The normalized spacial score (nSPS) is 20.5. The van der Waals surface area contributed by atoms with Crippen LogP contribution in [0.25, 0.3) is 0 Å². The van der Waals surface area contributed by atoms with Crippen molar-refractivity contribution in [2.24, 2.45) is 0 Å². The Morgan fingerprint density at radius 1 is 1.13 bits per heavy atom. The second-order valence-electron chi connectivity index (χ2n) is 6.21. The van der Waals surface area contributed by atoms with Crippen LogP contribution in [0.2, 0.25) is 0 Å². The lowest BCUT2D eigenvalue weighted by molar-refractivity contribution is 0.0842. The summed E-state index contributed by atoms with van der Waals surface area (Å²) in [6, 6.07) is 13.1. The molecule has 0 bridgehead atoms. The molecule has 2 aliphatic heterocycles. The number of carbonyl (C=O) groups excluding carboxylic acids is 1. The van der Waals surface area contributed by atoms with E-state index in [4.69, 9.17) is 4.74 Å². The van der Waals surface area contributed by atoms with E-state index < -0.39 is 0 Å². The van der Waals surface area contributed by atoms with E-state index in [1.54, 1.807) is 12.1 Å². The number of ketones is 1. The maximum Gasteiger partial charge on any atom is 0.171 e. The number of nitrogens with zero attached hydrogens (tertiary/aromatic N) is 1. The van der Waals surface area contributed by atoms with Gasteiger partial charge in [0, 0.05) is 12.1 Å². The summed E-state index contributed by atoms with van der Waals surface area (Å²) in [5, 5.41) is 10.2. The fraction of sp³-hybridized carbons (Fsp3) is 0.316. The van der Waals surface area contributed by atoms with Gasteiger partial charge in [0.05, 0.1) is 12.0 Å². The van der Waals surface area contributed by atoms with Gasteiger partial charge in [-0.3, -0.25) is 9.69 Å². The van der Waals surface area contributed by atoms with Gasteiger partial charge in [-0.1, -0.05) is 30.3 Å². The van der Waals surface area contributed by atoms with Crippen molar-refractivity contribution >= 4 is 5.78 Å². The summed E-state index contributed by atoms with van der Waals surface area (Å²) in [5.41, 5.74) is 2.27. The van der Waals surface area contributed by atoms with E-state index in [2.05, 4.69) is 4.90 Å². The Morgan fingerprint density at radius 3 is 2.61 bits per heavy atom. The van der Waals surface area contributed by atoms with E-state index in [1.165, 1.54) is 6.42 Å². The first-order valence-electron chi connectivity index (χ1n) is 8.04. The van der Waals surface area contributed by atoms with Gasteiger partial charge in [-0.05, 0) is 37.2 Å². The second-order valence-corrected chi connectivity index (χ2v) is 6.21. The standard InChI is InChI=1S/C19H19NO3/c21-15-7-8-17-19(14(15)12-20-9-4-10-20)16(22)11-18(23-17)13-5-2-1-3-6-13/h1-3,5-8,18,21H,4,9-12H2. The minimum Gasteiger partial charge on any atom is -0.508 e. The predicted octanol–water partition coefficient (Wildman–Crippen LogP) is 3.30. The summed E-state index contributed by atoms with van der Waals surface area (Å²) >= 11 is 0. The van der Waals surface area contributed by atoms with Crippen molar-refractivity contribution in [3.63, 3.8) is 0 Å². The second kappa shape index (κ2) is 5.70. The average Bonchev–Trinajstić information content (AvgIpc) is 2.53. The number of ether oxygens (including phenoxy) is 1. The molecule has 4 nitrogen and oxygen atoms in total. The molecule has 0 spiro atoms. The average molecular weight is 309 g/mol. The molecule has 1 N–H and O–H groups in total. The lowest BCUT2D eigenvalue weighted by Crippen LogP contribution is -2.37. The number of hydrogen-bond donors (Lipinski definition) is 1. The Hall–Kier alpha value is -2.33. The molecule has 1 atom stereocenters. The molecule has 0 amide bonds. The summed E-state index contributed by atoms with van der Waals surface area (Å²) in [5.74, 6) is 0.820. The zero-order valence-corrected chi connectivity index (χ0v) is 12.9. The highest BCUT2D eigenvalue weighted by atomic mass is 16.5. The molecule has 23 heavy (non-hydrogen) atoms. The first kappa shape index (κ1) is 14.3. The molecule has 2 heterocycles. The molecule has 1 saturated heterocycles. The van der Waals surface area contributed by atoms with Crippen LogP contribution in [0.5, 0.6) is 11.5 Å². The quantitative estimate of drug-likeness (QED) is 0.945. The molecule has 0 radical (unpaired) electrons. The Kier molecular flexibility index (Phi) is 3.54. The Bertz CT molecular complexity index is 738. The van der Waals surface area contributed by atoms with Crippen LogP contribution in [0.4, 0.5) is 0 Å². The van der Waals surface area contributed by atoms with Crippen molar-refractivity contribution in [3.8, 4) is 11.5 Å². The van der Waals surface area contributed by atoms with Gasteiger partial charge >= 0.3 is 0 Å². The number of Topliss-reactive ketones (excluding diaryl/α,β-unsaturated/α-hetero) is 1. The molecule has 0 aliphatic carbocycles. The van der Waals surface area contributed by atoms with E-state index in [1.807, 2.05) is 30.3 Å². The number of likely N-dealkylation sites (tertiary alicyclic amines) is 1. The Morgan fingerprint density at radius 2 is 1.91 bits per heavy atom. The maximum absolute atomic E-state index is 12.7. The topological polar surface area (TPSA) is 49.8 Å². The van der Waals surface area contributed by atoms with Crippen molar-refractivity contribution < 1.29 is 14.6 Å². The number of carbonyl (C=O) groups is 1. The van der Waals surface area contributed by atoms with Gasteiger partial charge in [-0.25, -0.2) is 0 Å². The molecule has 2 aromatic rings. The summed E-state index contributed by atoms with van der Waals surface area (Å²) in [4.78, 5) is 14.9. The summed E-state index contributed by atoms with van der Waals surface area (Å²) in [6.45, 7) is 2.65. The molecule has 4 heteroatoms. The molecule has 1 unspecified atom stereocenters. The van der Waals surface area contributed by atoms with E-state index in [-0.39, 0.29) is 17.6 Å². The first-order valence-corrected chi connectivity index (χ1v) is 8.04. The fourth-order valence-corrected chi connectivity index (χ4v) is 3.26. The number of hydrogen-bond acceptors (Lipinski definition) is 4. The molecule has 1 fully saturated rings. The van der Waals surface area contributed by atoms with E-state index >= 15 is 0 Å². The van der Waals surface area contributed by atoms with Crippen LogP contribution in [0.3, 0.4) is 0 Å². The van der Waals surface area contributed by atoms with Crippen LogP contribution in [0.1, 0.15) is 40.4 Å². The minimum absolute atomic E-state index is 0.0477. The number of phenols is 1. The number of aromatic hydroxyl groups is 1. The largest absolute Gasteiger partial charge is 0.508 e. The minimum atomic E-state index is -0.252. The molecule has 4 rings (SSSR count). The van der Waals surface area contributed by atoms with Crippen molar-refractivity contribution in [1.82, 2.24) is 4.90 Å². The predicted molar refractivity (Wildman–Crippen MR) is 86.8 cm³/mol. The van der Waals surface area contributed by atoms with Crippen LogP contribution in [-0.4, -0.2) is 28.9 Å². The van der Waals surface area contributed by atoms with Crippen molar-refractivity contribution in [1.29, 1.82) is 0 Å². The molecule has 2 aliphatic rings. The van der Waals surface area contributed by atoms with E-state index in [0.29, 0.717) is 29.8 Å². The van der Waals surface area contributed by atoms with Gasteiger partial charge in [-0.15, -0.1) is 0 Å². The third-order valence-corrected chi connectivity index (χ3v) is 4.67. The van der Waals surface area contributed by atoms with Crippen LogP contribution < -0.4 is 4.74 Å². The van der Waals surface area contributed by atoms with Gasteiger partial charge in [0.15, 0.2) is 5.78 Å². The van der Waals surface area contributed by atoms with Crippen molar-refractivity contribution in [2.45, 2.75) is 25.5 Å². The number of benzene rings is 2. The fourth-order valence-electron chi connectivity index (χ4n) is 3.26. The molecule has 2 aromatic carbocycles. The van der Waals surface area contributed by atoms with Crippen LogP contribution in [0.15, 0.2) is 42.5 Å². The van der Waals surface area contributed by atoms with Crippen molar-refractivity contribution in [2.75, 3.05) is 13.1 Å². The van der Waals surface area contributed by atoms with Crippen LogP contribution >= 0.6 is 0 Å². The molecule has 0 aromatic heterocycles. The van der Waals surface area contributed by atoms with Crippen LogP contribution in [-0.2, 0) is 6.54 Å². The highest BCUT2D eigenvalue weighted by Crippen LogP contribution is 2.40. The summed E-state index contributed by atoms with van der Waals surface area (Å²) in [7, 11) is 0. The maximum atomic E-state index is 12.7. The van der Waals surface area contributed by atoms with Crippen molar-refractivity contribution in [3.05, 3.63) is 59.2 Å². The monoisotopic (exact) mass is 309 g/mol. The number of phenolic OH excluding ortho intramolecular Hbond substituents is 1. The highest BCUT2D eigenvalue weighted by Gasteiger charge is 2.32. The smallest absolute Gasteiger partial charge is 0.171 e. The molecule has 0 saturated carbocycles. The van der Waals surface area contributed by atoms with Gasteiger partial charge in [0.2, 0.25) is 0 Å². The summed E-state index contributed by atoms with van der Waals surface area (Å²) in [6.07, 6.45) is 1.24. The zero-order valence-electron chi connectivity index (χ0n) is 12.9. The lowest BCUT2D eigenvalue weighted by Gasteiger charge is -2.33. The third-order valence-electron chi connectivity index (χ3n) is 4.67. The molecule has 118 valence electrons. The number of rotatable bonds is 3. The lowest BCUT2D eigenvalue weighted by atomic mass is 9.92. The Labute approximate surface area is 135 Å². The van der Waals surface area contributed by atoms with Gasteiger partial charge < -0.3 is 9.84 Å². The highest BCUT2D eigenvalue weighted by molar-refractivity contribution is 6.02.